The fraction of sp³-hybridized carbons (Fsp3) is 0.133. The number of carbonyl (C=O) groups excluding carboxylic acids is 1. The molecule has 0 aromatic heterocycles. The molecule has 0 bridgehead atoms. The van der Waals surface area contributed by atoms with Crippen molar-refractivity contribution in [3.05, 3.63) is 59.2 Å². The van der Waals surface area contributed by atoms with Gasteiger partial charge in [-0.25, -0.2) is 8.78 Å². The molecular formula is C15H13F2NO2. The zero-order valence-corrected chi connectivity index (χ0v) is 10.8. The maximum atomic E-state index is 13.0. The van der Waals surface area contributed by atoms with Gasteiger partial charge in [-0.15, -0.1) is 0 Å². The number of phenolic OH excluding ortho intramolecular Hbond substituents is 1. The summed E-state index contributed by atoms with van der Waals surface area (Å²) in [5.41, 5.74) is 1.56. The van der Waals surface area contributed by atoms with E-state index in [4.69, 9.17) is 0 Å². The Labute approximate surface area is 114 Å². The maximum Gasteiger partial charge on any atom is 0.228 e. The molecule has 0 aliphatic heterocycles. The first-order valence-corrected chi connectivity index (χ1v) is 5.99. The van der Waals surface area contributed by atoms with E-state index in [2.05, 4.69) is 5.32 Å². The number of benzene rings is 2. The van der Waals surface area contributed by atoms with E-state index in [1.165, 1.54) is 12.1 Å². The molecular weight excluding hydrogens is 264 g/mol. The molecule has 2 rings (SSSR count). The Morgan fingerprint density at radius 1 is 1.15 bits per heavy atom. The Balaban J connectivity index is 2.04. The second-order valence-electron chi connectivity index (χ2n) is 4.47. The lowest BCUT2D eigenvalue weighted by atomic mass is 10.1. The first-order valence-electron chi connectivity index (χ1n) is 5.99. The number of anilines is 1. The van der Waals surface area contributed by atoms with Crippen LogP contribution in [0, 0.1) is 18.6 Å². The van der Waals surface area contributed by atoms with Crippen LogP contribution < -0.4 is 5.32 Å². The average molecular weight is 277 g/mol. The number of rotatable bonds is 3. The van der Waals surface area contributed by atoms with Gasteiger partial charge in [-0.1, -0.05) is 6.07 Å². The minimum atomic E-state index is -0.976. The molecule has 0 atom stereocenters. The predicted octanol–water partition coefficient (Wildman–Crippen LogP) is 3.16. The summed E-state index contributed by atoms with van der Waals surface area (Å²) in [5, 5.41) is 12.0. The van der Waals surface area contributed by atoms with E-state index in [0.29, 0.717) is 16.8 Å². The van der Waals surface area contributed by atoms with Gasteiger partial charge in [0.05, 0.1) is 6.42 Å². The van der Waals surface area contributed by atoms with Crippen LogP contribution in [0.2, 0.25) is 0 Å². The second-order valence-corrected chi connectivity index (χ2v) is 4.47. The minimum Gasteiger partial charge on any atom is -0.508 e. The van der Waals surface area contributed by atoms with Crippen LogP contribution in [0.1, 0.15) is 11.1 Å². The zero-order chi connectivity index (χ0) is 14.7. The van der Waals surface area contributed by atoms with E-state index in [9.17, 15) is 18.7 Å². The predicted molar refractivity (Wildman–Crippen MR) is 71.5 cm³/mol. The van der Waals surface area contributed by atoms with E-state index in [-0.39, 0.29) is 18.1 Å². The molecule has 0 fully saturated rings. The molecule has 0 aliphatic carbocycles. The molecule has 2 aromatic rings. The summed E-state index contributed by atoms with van der Waals surface area (Å²) < 4.78 is 25.8. The van der Waals surface area contributed by atoms with E-state index < -0.39 is 11.6 Å². The summed E-state index contributed by atoms with van der Waals surface area (Å²) in [6.45, 7) is 1.71. The third-order valence-corrected chi connectivity index (χ3v) is 2.83. The van der Waals surface area contributed by atoms with Crippen molar-refractivity contribution in [2.75, 3.05) is 5.32 Å². The highest BCUT2D eigenvalue weighted by atomic mass is 19.2. The van der Waals surface area contributed by atoms with Gasteiger partial charge >= 0.3 is 0 Å². The number of phenols is 1. The lowest BCUT2D eigenvalue weighted by Gasteiger charge is -2.07. The topological polar surface area (TPSA) is 49.3 Å². The monoisotopic (exact) mass is 277 g/mol. The lowest BCUT2D eigenvalue weighted by Crippen LogP contribution is -2.14. The van der Waals surface area contributed by atoms with Crippen LogP contribution in [0.15, 0.2) is 36.4 Å². The van der Waals surface area contributed by atoms with Gasteiger partial charge in [0.15, 0.2) is 11.6 Å². The summed E-state index contributed by atoms with van der Waals surface area (Å²) in [5.74, 6) is -2.12. The van der Waals surface area contributed by atoms with Crippen molar-refractivity contribution in [2.24, 2.45) is 0 Å². The molecule has 20 heavy (non-hydrogen) atoms. The van der Waals surface area contributed by atoms with E-state index in [0.717, 1.165) is 12.1 Å². The van der Waals surface area contributed by atoms with Crippen molar-refractivity contribution in [2.45, 2.75) is 13.3 Å². The normalized spacial score (nSPS) is 10.3. The fourth-order valence-corrected chi connectivity index (χ4v) is 1.77. The van der Waals surface area contributed by atoms with Gasteiger partial charge in [0.25, 0.3) is 0 Å². The van der Waals surface area contributed by atoms with Crippen LogP contribution in [0.25, 0.3) is 0 Å². The first kappa shape index (κ1) is 14.0. The fourth-order valence-electron chi connectivity index (χ4n) is 1.77. The van der Waals surface area contributed by atoms with Crippen LogP contribution in [-0.4, -0.2) is 11.0 Å². The third kappa shape index (κ3) is 3.32. The third-order valence-electron chi connectivity index (χ3n) is 2.83. The molecule has 0 saturated carbocycles. The van der Waals surface area contributed by atoms with Crippen molar-refractivity contribution >= 4 is 11.6 Å². The summed E-state index contributed by atoms with van der Waals surface area (Å²) in [7, 11) is 0. The lowest BCUT2D eigenvalue weighted by molar-refractivity contribution is -0.115. The number of amides is 1. The van der Waals surface area contributed by atoms with Crippen LogP contribution in [-0.2, 0) is 11.2 Å². The molecule has 0 aliphatic rings. The summed E-state index contributed by atoms with van der Waals surface area (Å²) in [6, 6.07) is 8.01. The minimum absolute atomic E-state index is 0.0584. The van der Waals surface area contributed by atoms with Gasteiger partial charge in [0, 0.05) is 5.69 Å². The molecule has 0 radical (unpaired) electrons. The Hall–Kier alpha value is -2.43. The van der Waals surface area contributed by atoms with Gasteiger partial charge in [0.2, 0.25) is 5.91 Å². The highest BCUT2D eigenvalue weighted by Gasteiger charge is 2.08. The molecule has 0 spiro atoms. The maximum absolute atomic E-state index is 13.0. The van der Waals surface area contributed by atoms with E-state index in [1.807, 2.05) is 0 Å². The first-order chi connectivity index (χ1) is 9.45. The van der Waals surface area contributed by atoms with Gasteiger partial charge in [0.1, 0.15) is 5.75 Å². The number of aryl methyl sites for hydroxylation is 1. The molecule has 3 nitrogen and oxygen atoms in total. The van der Waals surface area contributed by atoms with Gasteiger partial charge in [-0.3, -0.25) is 4.79 Å². The molecule has 104 valence electrons. The Morgan fingerprint density at radius 3 is 2.55 bits per heavy atom. The average Bonchev–Trinajstić information content (AvgIpc) is 2.38. The van der Waals surface area contributed by atoms with Gasteiger partial charge in [-0.05, 0) is 48.4 Å². The molecule has 0 heterocycles. The van der Waals surface area contributed by atoms with Crippen molar-refractivity contribution in [1.29, 1.82) is 0 Å². The van der Waals surface area contributed by atoms with Crippen molar-refractivity contribution in [3.8, 4) is 5.75 Å². The number of aromatic hydroxyl groups is 1. The number of hydrogen-bond acceptors (Lipinski definition) is 2. The number of nitrogens with one attached hydrogen (secondary N) is 1. The standard InChI is InChI=1S/C15H13F2NO2/c1-9-6-11(3-5-14(9)19)18-15(20)8-10-2-4-12(16)13(17)7-10/h2-7,19H,8H2,1H3,(H,18,20). The van der Waals surface area contributed by atoms with Crippen LogP contribution in [0.4, 0.5) is 14.5 Å². The summed E-state index contributed by atoms with van der Waals surface area (Å²) in [6.07, 6.45) is -0.0584. The smallest absolute Gasteiger partial charge is 0.228 e. The summed E-state index contributed by atoms with van der Waals surface area (Å²) in [4.78, 5) is 11.8. The number of halogens is 2. The van der Waals surface area contributed by atoms with Crippen LogP contribution in [0.3, 0.4) is 0 Å². The van der Waals surface area contributed by atoms with Gasteiger partial charge in [-0.2, -0.15) is 0 Å². The Bertz CT molecular complexity index is 601. The quantitative estimate of drug-likeness (QED) is 0.847. The summed E-state index contributed by atoms with van der Waals surface area (Å²) >= 11 is 0. The molecule has 0 saturated heterocycles. The van der Waals surface area contributed by atoms with E-state index >= 15 is 0 Å². The molecule has 2 N–H and O–H groups in total. The number of carbonyl (C=O) groups is 1. The van der Waals surface area contributed by atoms with Crippen molar-refractivity contribution in [3.63, 3.8) is 0 Å². The molecule has 2 aromatic carbocycles. The number of hydrogen-bond donors (Lipinski definition) is 2. The largest absolute Gasteiger partial charge is 0.508 e. The Kier molecular flexibility index (Phi) is 3.98. The molecule has 1 amide bonds. The van der Waals surface area contributed by atoms with Crippen LogP contribution in [0.5, 0.6) is 5.75 Å². The highest BCUT2D eigenvalue weighted by Crippen LogP contribution is 2.20. The zero-order valence-electron chi connectivity index (χ0n) is 10.8. The van der Waals surface area contributed by atoms with Gasteiger partial charge < -0.3 is 10.4 Å². The van der Waals surface area contributed by atoms with E-state index in [1.54, 1.807) is 19.1 Å². The molecule has 5 heteroatoms. The Morgan fingerprint density at radius 2 is 1.90 bits per heavy atom. The second kappa shape index (κ2) is 5.69. The van der Waals surface area contributed by atoms with Crippen molar-refractivity contribution < 1.29 is 18.7 Å². The highest BCUT2D eigenvalue weighted by molar-refractivity contribution is 5.92. The van der Waals surface area contributed by atoms with Crippen molar-refractivity contribution in [1.82, 2.24) is 0 Å². The SMILES string of the molecule is Cc1cc(NC(=O)Cc2ccc(F)c(F)c2)ccc1O. The molecule has 0 unspecified atom stereocenters. The van der Waals surface area contributed by atoms with Crippen LogP contribution >= 0.6 is 0 Å².